The van der Waals surface area contributed by atoms with Crippen molar-refractivity contribution in [2.45, 2.75) is 46.1 Å². The number of carbonyl (C=O) groups is 1. The summed E-state index contributed by atoms with van der Waals surface area (Å²) < 4.78 is 0. The van der Waals surface area contributed by atoms with E-state index in [2.05, 4.69) is 39.3 Å². The van der Waals surface area contributed by atoms with Crippen LogP contribution in [0.2, 0.25) is 0 Å². The van der Waals surface area contributed by atoms with E-state index in [4.69, 9.17) is 4.98 Å². The minimum Gasteiger partial charge on any atom is -0.342 e. The van der Waals surface area contributed by atoms with Crippen molar-refractivity contribution in [3.05, 3.63) is 52.9 Å². The van der Waals surface area contributed by atoms with Crippen molar-refractivity contribution in [3.63, 3.8) is 0 Å². The second-order valence-corrected chi connectivity index (χ2v) is 7.60. The van der Waals surface area contributed by atoms with E-state index < -0.39 is 0 Å². The van der Waals surface area contributed by atoms with Gasteiger partial charge in [0.15, 0.2) is 0 Å². The highest BCUT2D eigenvalue weighted by Gasteiger charge is 2.27. The van der Waals surface area contributed by atoms with Crippen LogP contribution in [0.15, 0.2) is 24.3 Å². The maximum atomic E-state index is 12.7. The van der Waals surface area contributed by atoms with Crippen LogP contribution in [0.3, 0.4) is 0 Å². The van der Waals surface area contributed by atoms with E-state index in [9.17, 15) is 4.79 Å². The predicted octanol–water partition coefficient (Wildman–Crippen LogP) is 3.37. The number of fused-ring (bicyclic) bond motifs is 1. The largest absolute Gasteiger partial charge is 0.342 e. The summed E-state index contributed by atoms with van der Waals surface area (Å²) in [5, 5.41) is 2.96. The number of aromatic nitrogens is 4. The molecule has 7 heteroatoms. The third-order valence-electron chi connectivity index (χ3n) is 5.25. The van der Waals surface area contributed by atoms with Crippen molar-refractivity contribution >= 4 is 17.1 Å². The molecule has 3 heterocycles. The smallest absolute Gasteiger partial charge is 0.317 e. The highest BCUT2D eigenvalue weighted by Crippen LogP contribution is 2.27. The van der Waals surface area contributed by atoms with Gasteiger partial charge >= 0.3 is 6.03 Å². The first kappa shape index (κ1) is 18.4. The van der Waals surface area contributed by atoms with Crippen molar-refractivity contribution in [1.82, 2.24) is 30.2 Å². The number of aromatic amines is 1. The van der Waals surface area contributed by atoms with Gasteiger partial charge in [0, 0.05) is 30.4 Å². The van der Waals surface area contributed by atoms with E-state index in [-0.39, 0.29) is 11.9 Å². The third kappa shape index (κ3) is 3.83. The quantitative estimate of drug-likeness (QED) is 0.732. The first-order chi connectivity index (χ1) is 13.5. The monoisotopic (exact) mass is 378 g/mol. The summed E-state index contributed by atoms with van der Waals surface area (Å²) >= 11 is 0. The summed E-state index contributed by atoms with van der Waals surface area (Å²) in [5.74, 6) is 1.84. The molecular formula is C21H26N6O. The summed E-state index contributed by atoms with van der Waals surface area (Å²) in [5.41, 5.74) is 5.07. The summed E-state index contributed by atoms with van der Waals surface area (Å²) in [6.07, 6.45) is 2.00. The molecule has 1 aliphatic rings. The number of imidazole rings is 1. The lowest BCUT2D eigenvalue weighted by Crippen LogP contribution is -2.45. The maximum Gasteiger partial charge on any atom is 0.317 e. The van der Waals surface area contributed by atoms with Crippen molar-refractivity contribution in [2.75, 3.05) is 13.1 Å². The molecule has 4 rings (SSSR count). The fraction of sp³-hybridized carbons (Fsp3) is 0.429. The summed E-state index contributed by atoms with van der Waals surface area (Å²) in [4.78, 5) is 31.6. The molecule has 2 amide bonds. The average molecular weight is 378 g/mol. The molecule has 3 aromatic rings. The minimum absolute atomic E-state index is 0.0697. The number of hydrogen-bond donors (Lipinski definition) is 2. The lowest BCUT2D eigenvalue weighted by Gasteiger charge is -2.31. The molecule has 0 radical (unpaired) electrons. The summed E-state index contributed by atoms with van der Waals surface area (Å²) in [7, 11) is 0. The number of amides is 2. The zero-order valence-electron chi connectivity index (χ0n) is 16.6. The van der Waals surface area contributed by atoms with Gasteiger partial charge in [0.1, 0.15) is 11.6 Å². The standard InChI is InChI=1S/C21H26N6O/c1-13-6-4-8-17-19(13)26-20(25-17)16-7-5-9-27(12-16)21(28)22-11-18-23-14(2)10-15(3)24-18/h4,6,8,10,16H,5,7,9,11-12H2,1-3H3,(H,22,28)(H,25,26)/t16-/m0/s1. The number of piperidine rings is 1. The Morgan fingerprint density at radius 1 is 1.21 bits per heavy atom. The van der Waals surface area contributed by atoms with Crippen molar-refractivity contribution < 1.29 is 4.79 Å². The molecule has 0 saturated carbocycles. The van der Waals surface area contributed by atoms with Crippen LogP contribution in [0.25, 0.3) is 11.0 Å². The molecule has 0 unspecified atom stereocenters. The SMILES string of the molecule is Cc1cc(C)nc(CNC(=O)N2CCC[C@H](c3nc4c(C)cccc4[nH]3)C2)n1. The Balaban J connectivity index is 1.42. The topological polar surface area (TPSA) is 86.8 Å². The maximum absolute atomic E-state index is 12.7. The van der Waals surface area contributed by atoms with Gasteiger partial charge in [-0.3, -0.25) is 0 Å². The van der Waals surface area contributed by atoms with E-state index in [1.165, 1.54) is 5.56 Å². The zero-order valence-corrected chi connectivity index (χ0v) is 16.6. The van der Waals surface area contributed by atoms with E-state index in [1.807, 2.05) is 30.9 Å². The first-order valence-electron chi connectivity index (χ1n) is 9.79. The van der Waals surface area contributed by atoms with Crippen LogP contribution in [0.4, 0.5) is 4.79 Å². The van der Waals surface area contributed by atoms with E-state index in [0.29, 0.717) is 18.9 Å². The van der Waals surface area contributed by atoms with Crippen molar-refractivity contribution in [2.24, 2.45) is 0 Å². The Labute approximate surface area is 164 Å². The van der Waals surface area contributed by atoms with Crippen LogP contribution >= 0.6 is 0 Å². The van der Waals surface area contributed by atoms with E-state index >= 15 is 0 Å². The number of para-hydroxylation sites is 1. The van der Waals surface area contributed by atoms with Gasteiger partial charge in [0.25, 0.3) is 0 Å². The Hall–Kier alpha value is -2.96. The van der Waals surface area contributed by atoms with Crippen LogP contribution in [-0.4, -0.2) is 44.0 Å². The Kier molecular flexibility index (Phi) is 4.98. The fourth-order valence-corrected chi connectivity index (χ4v) is 3.92. The number of benzene rings is 1. The molecule has 2 N–H and O–H groups in total. The number of hydrogen-bond acceptors (Lipinski definition) is 4. The number of likely N-dealkylation sites (tertiary alicyclic amines) is 1. The fourth-order valence-electron chi connectivity index (χ4n) is 3.92. The molecular weight excluding hydrogens is 352 g/mol. The van der Waals surface area contributed by atoms with Gasteiger partial charge in [-0.15, -0.1) is 0 Å². The zero-order chi connectivity index (χ0) is 19.7. The second kappa shape index (κ2) is 7.58. The molecule has 1 fully saturated rings. The first-order valence-corrected chi connectivity index (χ1v) is 9.79. The number of carbonyl (C=O) groups excluding carboxylic acids is 1. The molecule has 0 aliphatic carbocycles. The highest BCUT2D eigenvalue weighted by molar-refractivity contribution is 5.78. The number of H-pyrrole nitrogens is 1. The third-order valence-corrected chi connectivity index (χ3v) is 5.25. The van der Waals surface area contributed by atoms with Crippen molar-refractivity contribution in [3.8, 4) is 0 Å². The van der Waals surface area contributed by atoms with Crippen LogP contribution in [0.1, 0.15) is 47.4 Å². The van der Waals surface area contributed by atoms with Crippen LogP contribution in [0, 0.1) is 20.8 Å². The van der Waals surface area contributed by atoms with Gasteiger partial charge in [-0.05, 0) is 51.3 Å². The molecule has 7 nitrogen and oxygen atoms in total. The lowest BCUT2D eigenvalue weighted by molar-refractivity contribution is 0.178. The minimum atomic E-state index is -0.0697. The molecule has 146 valence electrons. The molecule has 0 bridgehead atoms. The predicted molar refractivity (Wildman–Crippen MR) is 108 cm³/mol. The summed E-state index contributed by atoms with van der Waals surface area (Å²) in [6, 6.07) is 8.02. The van der Waals surface area contributed by atoms with Gasteiger partial charge in [-0.25, -0.2) is 19.7 Å². The second-order valence-electron chi connectivity index (χ2n) is 7.60. The van der Waals surface area contributed by atoms with Crippen molar-refractivity contribution in [1.29, 1.82) is 0 Å². The summed E-state index contributed by atoms with van der Waals surface area (Å²) in [6.45, 7) is 7.71. The molecule has 28 heavy (non-hydrogen) atoms. The van der Waals surface area contributed by atoms with Gasteiger partial charge in [0.2, 0.25) is 0 Å². The number of urea groups is 1. The van der Waals surface area contributed by atoms with Gasteiger partial charge in [-0.1, -0.05) is 12.1 Å². The van der Waals surface area contributed by atoms with E-state index in [1.54, 1.807) is 0 Å². The lowest BCUT2D eigenvalue weighted by atomic mass is 9.97. The molecule has 1 saturated heterocycles. The molecule has 1 atom stereocenters. The average Bonchev–Trinajstić information content (AvgIpc) is 3.11. The van der Waals surface area contributed by atoms with Gasteiger partial charge in [0.05, 0.1) is 17.6 Å². The van der Waals surface area contributed by atoms with Gasteiger partial charge in [-0.2, -0.15) is 0 Å². The number of rotatable bonds is 3. The normalized spacial score (nSPS) is 17.1. The number of nitrogens with one attached hydrogen (secondary N) is 2. The Morgan fingerprint density at radius 3 is 2.75 bits per heavy atom. The Bertz CT molecular complexity index is 991. The molecule has 1 aliphatic heterocycles. The molecule has 0 spiro atoms. The van der Waals surface area contributed by atoms with Crippen LogP contribution in [0.5, 0.6) is 0 Å². The molecule has 1 aromatic carbocycles. The Morgan fingerprint density at radius 2 is 2.00 bits per heavy atom. The van der Waals surface area contributed by atoms with Crippen LogP contribution in [-0.2, 0) is 6.54 Å². The molecule has 2 aromatic heterocycles. The number of aryl methyl sites for hydroxylation is 3. The van der Waals surface area contributed by atoms with E-state index in [0.717, 1.165) is 47.6 Å². The van der Waals surface area contributed by atoms with Crippen LogP contribution < -0.4 is 5.32 Å². The van der Waals surface area contributed by atoms with Gasteiger partial charge < -0.3 is 15.2 Å². The highest BCUT2D eigenvalue weighted by atomic mass is 16.2. The number of nitrogens with zero attached hydrogens (tertiary/aromatic N) is 4.